The molecule has 1 saturated heterocycles. The molecule has 0 atom stereocenters. The lowest BCUT2D eigenvalue weighted by Gasteiger charge is -2.27. The zero-order chi connectivity index (χ0) is 17.7. The van der Waals surface area contributed by atoms with E-state index in [0.29, 0.717) is 31.1 Å². The maximum atomic E-state index is 12.8. The van der Waals surface area contributed by atoms with Crippen LogP contribution in [0.1, 0.15) is 24.2 Å². The number of amides is 1. The number of sulfonamides is 1. The minimum absolute atomic E-state index is 0. The quantitative estimate of drug-likeness (QED) is 0.692. The number of hydrogen-bond acceptors (Lipinski definition) is 5. The second kappa shape index (κ2) is 9.38. The Morgan fingerprint density at radius 1 is 1.32 bits per heavy atom. The molecule has 0 bridgehead atoms. The lowest BCUT2D eigenvalue weighted by molar-refractivity contribution is 0.0942. The molecule has 25 heavy (non-hydrogen) atoms. The van der Waals surface area contributed by atoms with E-state index < -0.39 is 10.0 Å². The van der Waals surface area contributed by atoms with Crippen LogP contribution < -0.4 is 15.4 Å². The molecule has 9 heteroatoms. The van der Waals surface area contributed by atoms with Gasteiger partial charge in [-0.15, -0.1) is 12.4 Å². The third kappa shape index (κ3) is 4.84. The summed E-state index contributed by atoms with van der Waals surface area (Å²) >= 11 is 0. The van der Waals surface area contributed by atoms with Crippen LogP contribution in [0.5, 0.6) is 5.75 Å². The Labute approximate surface area is 155 Å². The van der Waals surface area contributed by atoms with Crippen molar-refractivity contribution in [1.82, 2.24) is 14.9 Å². The number of nitrogens with one attached hydrogen (secondary N) is 2. The van der Waals surface area contributed by atoms with Crippen molar-refractivity contribution in [3.63, 3.8) is 0 Å². The van der Waals surface area contributed by atoms with Crippen molar-refractivity contribution in [3.05, 3.63) is 23.8 Å². The summed E-state index contributed by atoms with van der Waals surface area (Å²) in [4.78, 5) is 12.3. The molecule has 1 aliphatic rings. The Balaban J connectivity index is 0.00000312. The van der Waals surface area contributed by atoms with E-state index in [-0.39, 0.29) is 29.0 Å². The lowest BCUT2D eigenvalue weighted by atomic mass is 10.0. The van der Waals surface area contributed by atoms with E-state index in [1.165, 1.54) is 23.5 Å². The molecule has 0 spiro atoms. The molecule has 1 heterocycles. The molecule has 1 fully saturated rings. The number of carbonyl (C=O) groups is 1. The van der Waals surface area contributed by atoms with Crippen LogP contribution in [0.2, 0.25) is 0 Å². The van der Waals surface area contributed by atoms with Gasteiger partial charge in [-0.3, -0.25) is 4.79 Å². The number of hydrogen-bond donors (Lipinski definition) is 2. The summed E-state index contributed by atoms with van der Waals surface area (Å²) in [6.07, 6.45) is 0. The molecule has 1 aromatic carbocycles. The van der Waals surface area contributed by atoms with Crippen molar-refractivity contribution in [2.45, 2.75) is 18.7 Å². The number of nitrogens with zero attached hydrogens (tertiary/aromatic N) is 1. The number of methoxy groups -OCH3 is 1. The summed E-state index contributed by atoms with van der Waals surface area (Å²) in [6.45, 7) is 6.62. The highest BCUT2D eigenvalue weighted by atomic mass is 35.5. The van der Waals surface area contributed by atoms with Crippen molar-refractivity contribution in [3.8, 4) is 5.75 Å². The first-order valence-corrected chi connectivity index (χ1v) is 9.55. The van der Waals surface area contributed by atoms with Crippen LogP contribution in [0.3, 0.4) is 0 Å². The molecule has 2 N–H and O–H groups in total. The van der Waals surface area contributed by atoms with Crippen LogP contribution in [0.4, 0.5) is 0 Å². The van der Waals surface area contributed by atoms with Crippen LogP contribution in [-0.4, -0.2) is 58.5 Å². The second-order valence-corrected chi connectivity index (χ2v) is 7.60. The van der Waals surface area contributed by atoms with E-state index in [1.807, 2.05) is 0 Å². The Morgan fingerprint density at radius 2 is 1.96 bits per heavy atom. The van der Waals surface area contributed by atoms with Crippen molar-refractivity contribution in [2.24, 2.45) is 5.92 Å². The van der Waals surface area contributed by atoms with Gasteiger partial charge in [-0.25, -0.2) is 8.42 Å². The highest BCUT2D eigenvalue weighted by Crippen LogP contribution is 2.27. The van der Waals surface area contributed by atoms with E-state index in [1.54, 1.807) is 19.9 Å². The van der Waals surface area contributed by atoms with Gasteiger partial charge >= 0.3 is 0 Å². The second-order valence-electron chi connectivity index (χ2n) is 5.69. The Bertz CT molecular complexity index is 689. The molecule has 1 aliphatic heterocycles. The normalized spacial score (nSPS) is 14.6. The fourth-order valence-corrected chi connectivity index (χ4v) is 4.19. The predicted molar refractivity (Wildman–Crippen MR) is 99.0 cm³/mol. The molecule has 1 aromatic rings. The highest BCUT2D eigenvalue weighted by molar-refractivity contribution is 7.89. The Hall–Kier alpha value is -1.35. The van der Waals surface area contributed by atoms with Gasteiger partial charge in [0.25, 0.3) is 5.91 Å². The number of carbonyl (C=O) groups excluding carboxylic acids is 1. The minimum Gasteiger partial charge on any atom is -0.495 e. The summed E-state index contributed by atoms with van der Waals surface area (Å²) in [5, 5.41) is 5.99. The molecule has 0 unspecified atom stereocenters. The van der Waals surface area contributed by atoms with E-state index in [0.717, 1.165) is 13.1 Å². The third-order valence-electron chi connectivity index (χ3n) is 4.17. The summed E-state index contributed by atoms with van der Waals surface area (Å²) in [6, 6.07) is 4.49. The first-order chi connectivity index (χ1) is 11.4. The van der Waals surface area contributed by atoms with Gasteiger partial charge in [0.15, 0.2) is 0 Å². The summed E-state index contributed by atoms with van der Waals surface area (Å²) < 4.78 is 32.1. The Morgan fingerprint density at radius 3 is 2.44 bits per heavy atom. The highest BCUT2D eigenvalue weighted by Gasteiger charge is 2.27. The van der Waals surface area contributed by atoms with Crippen LogP contribution in [0.15, 0.2) is 23.1 Å². The smallest absolute Gasteiger partial charge is 0.251 e. The average molecular weight is 392 g/mol. The minimum atomic E-state index is -3.71. The Kier molecular flexibility index (Phi) is 8.14. The molecule has 2 rings (SSSR count). The van der Waals surface area contributed by atoms with Gasteiger partial charge in [0, 0.05) is 44.2 Å². The molecule has 1 amide bonds. The van der Waals surface area contributed by atoms with E-state index in [2.05, 4.69) is 10.6 Å². The van der Waals surface area contributed by atoms with E-state index >= 15 is 0 Å². The predicted octanol–water partition coefficient (Wildman–Crippen LogP) is 1.10. The molecule has 0 saturated carbocycles. The van der Waals surface area contributed by atoms with E-state index in [9.17, 15) is 13.2 Å². The van der Waals surface area contributed by atoms with Gasteiger partial charge in [-0.05, 0) is 18.2 Å². The first-order valence-electron chi connectivity index (χ1n) is 8.11. The van der Waals surface area contributed by atoms with Crippen molar-refractivity contribution in [1.29, 1.82) is 0 Å². The van der Waals surface area contributed by atoms with Crippen LogP contribution in [0, 0.1) is 5.92 Å². The van der Waals surface area contributed by atoms with Gasteiger partial charge in [0.1, 0.15) is 10.6 Å². The fraction of sp³-hybridized carbons (Fsp3) is 0.562. The lowest BCUT2D eigenvalue weighted by Crippen LogP contribution is -2.48. The van der Waals surface area contributed by atoms with Crippen molar-refractivity contribution >= 4 is 28.3 Å². The number of rotatable bonds is 8. The van der Waals surface area contributed by atoms with Gasteiger partial charge in [0.05, 0.1) is 7.11 Å². The maximum absolute atomic E-state index is 12.8. The standard InChI is InChI=1S/C16H25N3O4S.ClH/c1-4-19(5-2)24(21,22)15-8-13(6-7-14(15)23-3)16(20)18-11-12-9-17-10-12;/h6-8,12,17H,4-5,9-11H2,1-3H3,(H,18,20);1H. The topological polar surface area (TPSA) is 87.7 Å². The molecular formula is C16H26ClN3O4S. The monoisotopic (exact) mass is 391 g/mol. The van der Waals surface area contributed by atoms with Gasteiger partial charge in [-0.1, -0.05) is 13.8 Å². The van der Waals surface area contributed by atoms with Crippen molar-refractivity contribution < 1.29 is 17.9 Å². The van der Waals surface area contributed by atoms with Gasteiger partial charge in [0.2, 0.25) is 10.0 Å². The first kappa shape index (κ1) is 21.7. The van der Waals surface area contributed by atoms with Crippen LogP contribution in [-0.2, 0) is 10.0 Å². The summed E-state index contributed by atoms with van der Waals surface area (Å²) in [7, 11) is -2.29. The number of ether oxygens (including phenoxy) is 1. The molecule has 7 nitrogen and oxygen atoms in total. The van der Waals surface area contributed by atoms with E-state index in [4.69, 9.17) is 4.74 Å². The number of benzene rings is 1. The summed E-state index contributed by atoms with van der Waals surface area (Å²) in [5.74, 6) is 0.397. The van der Waals surface area contributed by atoms with Gasteiger partial charge < -0.3 is 15.4 Å². The summed E-state index contributed by atoms with van der Waals surface area (Å²) in [5.41, 5.74) is 0.314. The molecule has 142 valence electrons. The van der Waals surface area contributed by atoms with Crippen molar-refractivity contribution in [2.75, 3.05) is 39.8 Å². The molecule has 0 aliphatic carbocycles. The zero-order valence-electron chi connectivity index (χ0n) is 14.7. The fourth-order valence-electron chi connectivity index (χ4n) is 2.55. The number of halogens is 1. The zero-order valence-corrected chi connectivity index (χ0v) is 16.4. The van der Waals surface area contributed by atoms with Crippen LogP contribution in [0.25, 0.3) is 0 Å². The molecule has 0 aromatic heterocycles. The SMILES string of the molecule is CCN(CC)S(=O)(=O)c1cc(C(=O)NCC2CNC2)ccc1OC.Cl. The third-order valence-corrected chi connectivity index (χ3v) is 6.24. The maximum Gasteiger partial charge on any atom is 0.251 e. The average Bonchev–Trinajstić information content (AvgIpc) is 2.53. The van der Waals surface area contributed by atoms with Crippen LogP contribution >= 0.6 is 12.4 Å². The molecule has 0 radical (unpaired) electrons. The van der Waals surface area contributed by atoms with Gasteiger partial charge in [-0.2, -0.15) is 4.31 Å². The molecular weight excluding hydrogens is 366 g/mol. The largest absolute Gasteiger partial charge is 0.495 e.